The van der Waals surface area contributed by atoms with Gasteiger partial charge in [0.2, 0.25) is 11.8 Å². The lowest BCUT2D eigenvalue weighted by Gasteiger charge is -2.07. The van der Waals surface area contributed by atoms with Gasteiger partial charge in [0, 0.05) is 20.6 Å². The number of halogens is 1. The van der Waals surface area contributed by atoms with Crippen LogP contribution < -0.4 is 5.32 Å². The molecular formula is C22H16BrN3O2S. The number of anilines is 1. The molecule has 1 N–H and O–H groups in total. The average Bonchev–Trinajstić information content (AvgIpc) is 3.23. The molecular weight excluding hydrogens is 450 g/mol. The van der Waals surface area contributed by atoms with Crippen LogP contribution >= 0.6 is 27.7 Å². The number of rotatable bonds is 6. The molecule has 0 saturated carbocycles. The molecule has 0 fully saturated rings. The first kappa shape index (κ1) is 19.4. The van der Waals surface area contributed by atoms with Gasteiger partial charge in [0.1, 0.15) is 0 Å². The molecule has 0 atom stereocenters. The van der Waals surface area contributed by atoms with Crippen molar-refractivity contribution >= 4 is 39.3 Å². The van der Waals surface area contributed by atoms with E-state index in [1.54, 1.807) is 17.8 Å². The summed E-state index contributed by atoms with van der Waals surface area (Å²) in [4.78, 5) is 13.4. The molecule has 0 spiro atoms. The predicted molar refractivity (Wildman–Crippen MR) is 118 cm³/mol. The summed E-state index contributed by atoms with van der Waals surface area (Å²) in [5.74, 6) is 1.51. The van der Waals surface area contributed by atoms with E-state index in [0.717, 1.165) is 20.6 Å². The van der Waals surface area contributed by atoms with Crippen molar-refractivity contribution in [3.05, 3.63) is 94.8 Å². The van der Waals surface area contributed by atoms with Crippen LogP contribution in [-0.2, 0) is 5.75 Å². The Kier molecular flexibility index (Phi) is 6.07. The maximum Gasteiger partial charge on any atom is 0.256 e. The number of hydrogen-bond donors (Lipinski definition) is 1. The molecule has 0 aliphatic carbocycles. The van der Waals surface area contributed by atoms with Crippen molar-refractivity contribution in [1.29, 1.82) is 0 Å². The summed E-state index contributed by atoms with van der Waals surface area (Å²) in [6.07, 6.45) is 0. The SMILES string of the molecule is O=C(Nc1ccc(SCc2nnc(-c3ccccc3)o2)cc1)c1ccccc1Br. The zero-order valence-corrected chi connectivity index (χ0v) is 17.6. The van der Waals surface area contributed by atoms with Crippen LogP contribution in [0.5, 0.6) is 0 Å². The van der Waals surface area contributed by atoms with E-state index in [-0.39, 0.29) is 5.91 Å². The highest BCUT2D eigenvalue weighted by Gasteiger charge is 2.10. The predicted octanol–water partition coefficient (Wildman–Crippen LogP) is 6.04. The first-order valence-corrected chi connectivity index (χ1v) is 10.6. The maximum atomic E-state index is 12.4. The highest BCUT2D eigenvalue weighted by Crippen LogP contribution is 2.26. The summed E-state index contributed by atoms with van der Waals surface area (Å²) in [6.45, 7) is 0. The van der Waals surface area contributed by atoms with Crippen molar-refractivity contribution in [3.8, 4) is 11.5 Å². The summed E-state index contributed by atoms with van der Waals surface area (Å²) in [5.41, 5.74) is 2.23. The molecule has 0 radical (unpaired) electrons. The van der Waals surface area contributed by atoms with Crippen LogP contribution in [0.4, 0.5) is 5.69 Å². The molecule has 4 aromatic rings. The van der Waals surface area contributed by atoms with Gasteiger partial charge >= 0.3 is 0 Å². The van der Waals surface area contributed by atoms with E-state index in [0.29, 0.717) is 23.1 Å². The highest BCUT2D eigenvalue weighted by atomic mass is 79.9. The van der Waals surface area contributed by atoms with E-state index in [1.165, 1.54) is 0 Å². The number of hydrogen-bond acceptors (Lipinski definition) is 5. The van der Waals surface area contributed by atoms with Gasteiger partial charge in [0.25, 0.3) is 5.91 Å². The molecule has 0 aliphatic heterocycles. The van der Waals surface area contributed by atoms with Gasteiger partial charge < -0.3 is 9.73 Å². The van der Waals surface area contributed by atoms with E-state index in [1.807, 2.05) is 72.8 Å². The van der Waals surface area contributed by atoms with Gasteiger partial charge in [0.15, 0.2) is 0 Å². The molecule has 0 bridgehead atoms. The standard InChI is InChI=1S/C22H16BrN3O2S/c23-19-9-5-4-8-18(19)21(27)24-16-10-12-17(13-11-16)29-14-20-25-26-22(28-20)15-6-2-1-3-7-15/h1-13H,14H2,(H,24,27). The number of carbonyl (C=O) groups is 1. The minimum atomic E-state index is -0.155. The molecule has 1 amide bonds. The minimum absolute atomic E-state index is 0.155. The summed E-state index contributed by atoms with van der Waals surface area (Å²) in [7, 11) is 0. The maximum absolute atomic E-state index is 12.4. The van der Waals surface area contributed by atoms with Crippen molar-refractivity contribution in [1.82, 2.24) is 10.2 Å². The van der Waals surface area contributed by atoms with Gasteiger partial charge in [0.05, 0.1) is 11.3 Å². The van der Waals surface area contributed by atoms with Crippen molar-refractivity contribution in [2.45, 2.75) is 10.6 Å². The lowest BCUT2D eigenvalue weighted by molar-refractivity contribution is 0.102. The number of nitrogens with zero attached hydrogens (tertiary/aromatic N) is 2. The third kappa shape index (κ3) is 4.93. The van der Waals surface area contributed by atoms with Gasteiger partial charge in [-0.2, -0.15) is 0 Å². The van der Waals surface area contributed by atoms with Gasteiger partial charge in [-0.05, 0) is 64.5 Å². The minimum Gasteiger partial charge on any atom is -0.420 e. The van der Waals surface area contributed by atoms with E-state index in [4.69, 9.17) is 4.42 Å². The van der Waals surface area contributed by atoms with Crippen LogP contribution in [0.1, 0.15) is 16.2 Å². The van der Waals surface area contributed by atoms with E-state index in [9.17, 15) is 4.79 Å². The molecule has 1 aromatic heterocycles. The molecule has 29 heavy (non-hydrogen) atoms. The lowest BCUT2D eigenvalue weighted by Crippen LogP contribution is -2.12. The van der Waals surface area contributed by atoms with Crippen LogP contribution in [0.25, 0.3) is 11.5 Å². The van der Waals surface area contributed by atoms with E-state index < -0.39 is 0 Å². The fraction of sp³-hybridized carbons (Fsp3) is 0.0455. The number of aromatic nitrogens is 2. The molecule has 0 aliphatic rings. The fourth-order valence-electron chi connectivity index (χ4n) is 2.63. The Balaban J connectivity index is 1.35. The highest BCUT2D eigenvalue weighted by molar-refractivity contribution is 9.10. The van der Waals surface area contributed by atoms with Gasteiger partial charge in [-0.1, -0.05) is 30.3 Å². The van der Waals surface area contributed by atoms with Crippen molar-refractivity contribution in [2.75, 3.05) is 5.32 Å². The fourth-order valence-corrected chi connectivity index (χ4v) is 3.83. The molecule has 5 nitrogen and oxygen atoms in total. The van der Waals surface area contributed by atoms with Crippen molar-refractivity contribution in [2.24, 2.45) is 0 Å². The second kappa shape index (κ2) is 9.07. The molecule has 4 rings (SSSR count). The Morgan fingerprint density at radius 1 is 0.931 bits per heavy atom. The molecule has 0 unspecified atom stereocenters. The molecule has 1 heterocycles. The van der Waals surface area contributed by atoms with E-state index in [2.05, 4.69) is 31.4 Å². The van der Waals surface area contributed by atoms with Gasteiger partial charge in [-0.25, -0.2) is 0 Å². The normalized spacial score (nSPS) is 10.7. The second-order valence-corrected chi connectivity index (χ2v) is 8.02. The summed E-state index contributed by atoms with van der Waals surface area (Å²) in [5, 5.41) is 11.1. The number of benzene rings is 3. The van der Waals surface area contributed by atoms with Crippen LogP contribution in [0, 0.1) is 0 Å². The zero-order chi connectivity index (χ0) is 20.1. The Hall–Kier alpha value is -2.90. The molecule has 7 heteroatoms. The monoisotopic (exact) mass is 465 g/mol. The third-order valence-electron chi connectivity index (χ3n) is 4.08. The smallest absolute Gasteiger partial charge is 0.256 e. The van der Waals surface area contributed by atoms with Gasteiger partial charge in [-0.15, -0.1) is 22.0 Å². The van der Waals surface area contributed by atoms with Gasteiger partial charge in [-0.3, -0.25) is 4.79 Å². The first-order valence-electron chi connectivity index (χ1n) is 8.85. The van der Waals surface area contributed by atoms with Crippen LogP contribution in [0.2, 0.25) is 0 Å². The van der Waals surface area contributed by atoms with Crippen molar-refractivity contribution < 1.29 is 9.21 Å². The largest absolute Gasteiger partial charge is 0.420 e. The quantitative estimate of drug-likeness (QED) is 0.351. The Labute approximate surface area is 180 Å². The van der Waals surface area contributed by atoms with Crippen LogP contribution in [0.3, 0.4) is 0 Å². The molecule has 144 valence electrons. The number of nitrogens with one attached hydrogen (secondary N) is 1. The second-order valence-electron chi connectivity index (χ2n) is 6.11. The summed E-state index contributed by atoms with van der Waals surface area (Å²) >= 11 is 4.99. The Morgan fingerprint density at radius 2 is 1.66 bits per heavy atom. The molecule has 0 saturated heterocycles. The topological polar surface area (TPSA) is 68.0 Å². The number of thioether (sulfide) groups is 1. The summed E-state index contributed by atoms with van der Waals surface area (Å²) < 4.78 is 6.49. The van der Waals surface area contributed by atoms with E-state index >= 15 is 0 Å². The van der Waals surface area contributed by atoms with Crippen LogP contribution in [0.15, 0.2) is 92.6 Å². The first-order chi connectivity index (χ1) is 14.2. The summed E-state index contributed by atoms with van der Waals surface area (Å²) in [6, 6.07) is 24.7. The van der Waals surface area contributed by atoms with Crippen LogP contribution in [-0.4, -0.2) is 16.1 Å². The van der Waals surface area contributed by atoms with Crippen molar-refractivity contribution in [3.63, 3.8) is 0 Å². The molecule has 3 aromatic carbocycles. The number of carbonyl (C=O) groups excluding carboxylic acids is 1. The Morgan fingerprint density at radius 3 is 2.41 bits per heavy atom. The average molecular weight is 466 g/mol. The Bertz CT molecular complexity index is 1110. The lowest BCUT2D eigenvalue weighted by atomic mass is 10.2. The number of amides is 1. The zero-order valence-electron chi connectivity index (χ0n) is 15.2. The third-order valence-corrected chi connectivity index (χ3v) is 5.77.